The van der Waals surface area contributed by atoms with Gasteiger partial charge in [-0.2, -0.15) is 0 Å². The van der Waals surface area contributed by atoms with E-state index in [2.05, 4.69) is 5.32 Å². The number of hydrogen-bond acceptors (Lipinski definition) is 4. The largest absolute Gasteiger partial charge is 0.480 e. The second-order valence-electron chi connectivity index (χ2n) is 5.01. The quantitative estimate of drug-likeness (QED) is 0.724. The van der Waals surface area contributed by atoms with Gasteiger partial charge in [-0.1, -0.05) is 6.92 Å². The van der Waals surface area contributed by atoms with Crippen LogP contribution in [0.15, 0.2) is 18.2 Å². The maximum atomic E-state index is 13.5. The smallest absolute Gasteiger partial charge is 0.329 e. The van der Waals surface area contributed by atoms with Crippen LogP contribution in [0, 0.1) is 5.82 Å². The van der Waals surface area contributed by atoms with Crippen molar-refractivity contribution in [2.75, 3.05) is 11.0 Å². The van der Waals surface area contributed by atoms with E-state index in [4.69, 9.17) is 5.11 Å². The molecule has 0 aliphatic carbocycles. The van der Waals surface area contributed by atoms with Crippen molar-refractivity contribution in [3.05, 3.63) is 29.6 Å². The van der Waals surface area contributed by atoms with Crippen LogP contribution in [0.2, 0.25) is 0 Å². The van der Waals surface area contributed by atoms with Gasteiger partial charge in [0.05, 0.1) is 11.9 Å². The number of rotatable bonds is 6. The van der Waals surface area contributed by atoms with E-state index in [0.29, 0.717) is 0 Å². The van der Waals surface area contributed by atoms with Gasteiger partial charge in [0.25, 0.3) is 5.91 Å². The number of benzene rings is 1. The van der Waals surface area contributed by atoms with Gasteiger partial charge in [0.1, 0.15) is 11.4 Å². The molecule has 22 heavy (non-hydrogen) atoms. The van der Waals surface area contributed by atoms with Crippen molar-refractivity contribution in [3.8, 4) is 0 Å². The van der Waals surface area contributed by atoms with Gasteiger partial charge in [-0.3, -0.25) is 9.52 Å². The summed E-state index contributed by atoms with van der Waals surface area (Å²) in [5.74, 6) is -2.80. The summed E-state index contributed by atoms with van der Waals surface area (Å²) in [6.45, 7) is 2.93. The highest BCUT2D eigenvalue weighted by molar-refractivity contribution is 7.92. The summed E-state index contributed by atoms with van der Waals surface area (Å²) in [6.07, 6.45) is 0.988. The number of halogens is 1. The standard InChI is InChI=1S/C13H17FN2O5S/c1-4-13(2,12(18)19)15-11(17)8-5-6-9(14)10(7-8)16-22(3,20)21/h5-7,16H,4H2,1-3H3,(H,15,17)(H,18,19). The van der Waals surface area contributed by atoms with Crippen LogP contribution < -0.4 is 10.0 Å². The number of carbonyl (C=O) groups is 2. The molecule has 0 aliphatic heterocycles. The number of carboxylic acid groups (broad SMARTS) is 1. The van der Waals surface area contributed by atoms with E-state index in [1.807, 2.05) is 4.72 Å². The Balaban J connectivity index is 3.10. The molecule has 0 saturated heterocycles. The number of carboxylic acids is 1. The molecule has 1 rings (SSSR count). The summed E-state index contributed by atoms with van der Waals surface area (Å²) in [4.78, 5) is 23.2. The van der Waals surface area contributed by atoms with E-state index in [0.717, 1.165) is 24.5 Å². The average molecular weight is 332 g/mol. The Kier molecular flexibility index (Phi) is 5.13. The lowest BCUT2D eigenvalue weighted by Crippen LogP contribution is -2.51. The fourth-order valence-corrected chi connectivity index (χ4v) is 2.12. The highest BCUT2D eigenvalue weighted by atomic mass is 32.2. The third kappa shape index (κ3) is 4.42. The number of aliphatic carboxylic acids is 1. The van der Waals surface area contributed by atoms with Gasteiger partial charge in [0.15, 0.2) is 0 Å². The number of amides is 1. The lowest BCUT2D eigenvalue weighted by atomic mass is 9.98. The van der Waals surface area contributed by atoms with Gasteiger partial charge in [0.2, 0.25) is 10.0 Å². The van der Waals surface area contributed by atoms with Crippen molar-refractivity contribution < 1.29 is 27.5 Å². The van der Waals surface area contributed by atoms with E-state index in [1.54, 1.807) is 6.92 Å². The molecule has 1 aromatic carbocycles. The molecule has 1 unspecified atom stereocenters. The topological polar surface area (TPSA) is 113 Å². The zero-order valence-corrected chi connectivity index (χ0v) is 13.1. The van der Waals surface area contributed by atoms with Crippen LogP contribution in [0.3, 0.4) is 0 Å². The van der Waals surface area contributed by atoms with Crippen LogP contribution in [0.4, 0.5) is 10.1 Å². The summed E-state index contributed by atoms with van der Waals surface area (Å²) in [5, 5.41) is 11.4. The molecule has 3 N–H and O–H groups in total. The van der Waals surface area contributed by atoms with Gasteiger partial charge in [0, 0.05) is 5.56 Å². The number of hydrogen-bond donors (Lipinski definition) is 3. The van der Waals surface area contributed by atoms with Gasteiger partial charge in [-0.25, -0.2) is 17.6 Å². The fraction of sp³-hybridized carbons (Fsp3) is 0.385. The maximum absolute atomic E-state index is 13.5. The number of carbonyl (C=O) groups excluding carboxylic acids is 1. The van der Waals surface area contributed by atoms with Gasteiger partial charge in [-0.15, -0.1) is 0 Å². The normalized spacial score (nSPS) is 14.0. The minimum absolute atomic E-state index is 0.0616. The number of anilines is 1. The third-order valence-electron chi connectivity index (χ3n) is 3.09. The number of nitrogens with one attached hydrogen (secondary N) is 2. The van der Waals surface area contributed by atoms with E-state index in [-0.39, 0.29) is 17.7 Å². The van der Waals surface area contributed by atoms with Crippen molar-refractivity contribution >= 4 is 27.6 Å². The first kappa shape index (κ1) is 17.9. The van der Waals surface area contributed by atoms with Crippen molar-refractivity contribution in [2.45, 2.75) is 25.8 Å². The Labute approximate surface area is 127 Å². The van der Waals surface area contributed by atoms with E-state index < -0.39 is 33.3 Å². The van der Waals surface area contributed by atoms with Crippen LogP contribution in [-0.2, 0) is 14.8 Å². The molecule has 122 valence electrons. The summed E-state index contributed by atoms with van der Waals surface area (Å²) in [5.41, 5.74) is -1.92. The predicted molar refractivity (Wildman–Crippen MR) is 78.7 cm³/mol. The molecule has 0 saturated carbocycles. The first-order chi connectivity index (χ1) is 9.98. The van der Waals surface area contributed by atoms with Crippen LogP contribution in [0.5, 0.6) is 0 Å². The van der Waals surface area contributed by atoms with Crippen LogP contribution >= 0.6 is 0 Å². The first-order valence-electron chi connectivity index (χ1n) is 6.32. The molecule has 0 aliphatic rings. The van der Waals surface area contributed by atoms with E-state index >= 15 is 0 Å². The Morgan fingerprint density at radius 3 is 2.41 bits per heavy atom. The monoisotopic (exact) mass is 332 g/mol. The minimum atomic E-state index is -3.71. The van der Waals surface area contributed by atoms with Gasteiger partial charge in [-0.05, 0) is 31.5 Å². The highest BCUT2D eigenvalue weighted by Crippen LogP contribution is 2.18. The lowest BCUT2D eigenvalue weighted by Gasteiger charge is -2.24. The molecule has 0 spiro atoms. The molecule has 1 aromatic rings. The van der Waals surface area contributed by atoms with Crippen LogP contribution in [0.25, 0.3) is 0 Å². The zero-order valence-electron chi connectivity index (χ0n) is 12.3. The SMILES string of the molecule is CCC(C)(NC(=O)c1ccc(F)c(NS(C)(=O)=O)c1)C(=O)O. The van der Waals surface area contributed by atoms with Crippen molar-refractivity contribution in [1.82, 2.24) is 5.32 Å². The molecular formula is C13H17FN2O5S. The maximum Gasteiger partial charge on any atom is 0.329 e. The Hall–Kier alpha value is -2.16. The van der Waals surface area contributed by atoms with Gasteiger partial charge >= 0.3 is 5.97 Å². The summed E-state index contributed by atoms with van der Waals surface area (Å²) < 4.78 is 37.8. The molecule has 0 radical (unpaired) electrons. The molecule has 0 aromatic heterocycles. The molecule has 0 bridgehead atoms. The second kappa shape index (κ2) is 6.30. The molecule has 7 nitrogen and oxygen atoms in total. The average Bonchev–Trinajstić information content (AvgIpc) is 2.39. The Morgan fingerprint density at radius 1 is 1.36 bits per heavy atom. The summed E-state index contributed by atoms with van der Waals surface area (Å²) in [7, 11) is -3.71. The van der Waals surface area contributed by atoms with Crippen LogP contribution in [-0.4, -0.2) is 37.2 Å². The molecular weight excluding hydrogens is 315 g/mol. The molecule has 9 heteroatoms. The molecule has 0 fully saturated rings. The first-order valence-corrected chi connectivity index (χ1v) is 8.21. The molecule has 1 atom stereocenters. The van der Waals surface area contributed by atoms with E-state index in [9.17, 15) is 22.4 Å². The van der Waals surface area contributed by atoms with E-state index in [1.165, 1.54) is 6.92 Å². The molecule has 0 heterocycles. The second-order valence-corrected chi connectivity index (χ2v) is 6.76. The summed E-state index contributed by atoms with van der Waals surface area (Å²) >= 11 is 0. The van der Waals surface area contributed by atoms with Crippen molar-refractivity contribution in [3.63, 3.8) is 0 Å². The minimum Gasteiger partial charge on any atom is -0.480 e. The van der Waals surface area contributed by atoms with Crippen molar-refractivity contribution in [2.24, 2.45) is 0 Å². The van der Waals surface area contributed by atoms with Gasteiger partial charge < -0.3 is 10.4 Å². The van der Waals surface area contributed by atoms with Crippen molar-refractivity contribution in [1.29, 1.82) is 0 Å². The summed E-state index contributed by atoms with van der Waals surface area (Å²) in [6, 6.07) is 3.06. The predicted octanol–water partition coefficient (Wildman–Crippen LogP) is 1.18. The highest BCUT2D eigenvalue weighted by Gasteiger charge is 2.33. The zero-order chi connectivity index (χ0) is 17.1. The lowest BCUT2D eigenvalue weighted by molar-refractivity contribution is -0.143. The number of sulfonamides is 1. The molecule has 1 amide bonds. The van der Waals surface area contributed by atoms with Crippen LogP contribution in [0.1, 0.15) is 30.6 Å². The Bertz CT molecular complexity index is 704. The Morgan fingerprint density at radius 2 is 1.95 bits per heavy atom. The third-order valence-corrected chi connectivity index (χ3v) is 3.68. The fourth-order valence-electron chi connectivity index (χ4n) is 1.56.